The van der Waals surface area contributed by atoms with E-state index < -0.39 is 5.97 Å². The number of aromatic nitrogens is 2. The zero-order valence-electron chi connectivity index (χ0n) is 11.6. The molecule has 0 spiro atoms. The van der Waals surface area contributed by atoms with Crippen molar-refractivity contribution in [2.24, 2.45) is 0 Å². The minimum absolute atomic E-state index is 0.217. The van der Waals surface area contributed by atoms with Gasteiger partial charge in [-0.1, -0.05) is 0 Å². The molecule has 0 bridgehead atoms. The van der Waals surface area contributed by atoms with E-state index in [2.05, 4.69) is 4.98 Å². The maximum Gasteiger partial charge on any atom is 0.337 e. The summed E-state index contributed by atoms with van der Waals surface area (Å²) in [5, 5.41) is 9.24. The fourth-order valence-electron chi connectivity index (χ4n) is 2.08. The van der Waals surface area contributed by atoms with E-state index in [0.29, 0.717) is 17.9 Å². The van der Waals surface area contributed by atoms with Crippen LogP contribution in [0, 0.1) is 6.92 Å². The van der Waals surface area contributed by atoms with Gasteiger partial charge in [-0.05, 0) is 25.1 Å². The number of benzene rings is 1. The molecular formula is C14H18N4O2. The number of nitrogen functional groups attached to an aromatic ring is 1. The molecular weight excluding hydrogens is 256 g/mol. The first kappa shape index (κ1) is 13.9. The van der Waals surface area contributed by atoms with Crippen LogP contribution in [0.15, 0.2) is 30.6 Å². The number of carbonyl (C=O) groups is 1. The Hall–Kier alpha value is -2.50. The van der Waals surface area contributed by atoms with E-state index >= 15 is 0 Å². The summed E-state index contributed by atoms with van der Waals surface area (Å²) in [5.41, 5.74) is 6.97. The predicted octanol–water partition coefficient (Wildman–Crippen LogP) is 1.61. The van der Waals surface area contributed by atoms with Crippen LogP contribution in [0.25, 0.3) is 0 Å². The monoisotopic (exact) mass is 274 g/mol. The second-order valence-electron chi connectivity index (χ2n) is 4.67. The summed E-state index contributed by atoms with van der Waals surface area (Å²) in [4.78, 5) is 17.3. The van der Waals surface area contributed by atoms with Gasteiger partial charge < -0.3 is 20.3 Å². The van der Waals surface area contributed by atoms with Gasteiger partial charge in [0.15, 0.2) is 0 Å². The summed E-state index contributed by atoms with van der Waals surface area (Å²) in [5.74, 6) is -0.0351. The van der Waals surface area contributed by atoms with Crippen LogP contribution in [0.3, 0.4) is 0 Å². The van der Waals surface area contributed by atoms with Crippen molar-refractivity contribution < 1.29 is 9.90 Å². The van der Waals surface area contributed by atoms with Crippen molar-refractivity contribution >= 4 is 17.3 Å². The normalized spacial score (nSPS) is 10.5. The molecule has 0 aliphatic carbocycles. The van der Waals surface area contributed by atoms with Gasteiger partial charge >= 0.3 is 5.97 Å². The van der Waals surface area contributed by atoms with Gasteiger partial charge in [0, 0.05) is 38.2 Å². The summed E-state index contributed by atoms with van der Waals surface area (Å²) >= 11 is 0. The number of likely N-dealkylation sites (N-methyl/N-ethyl adjacent to an activating group) is 1. The third kappa shape index (κ3) is 2.90. The molecule has 1 aromatic carbocycles. The highest BCUT2D eigenvalue weighted by Gasteiger charge is 2.14. The number of anilines is 2. The molecule has 0 aliphatic rings. The topological polar surface area (TPSA) is 84.4 Å². The molecule has 6 heteroatoms. The molecule has 106 valence electrons. The second-order valence-corrected chi connectivity index (χ2v) is 4.67. The van der Waals surface area contributed by atoms with Crippen molar-refractivity contribution in [2.45, 2.75) is 13.5 Å². The van der Waals surface area contributed by atoms with E-state index in [1.165, 1.54) is 6.07 Å². The maximum absolute atomic E-state index is 11.3. The highest BCUT2D eigenvalue weighted by molar-refractivity contribution is 5.95. The molecule has 0 radical (unpaired) electrons. The molecule has 0 unspecified atom stereocenters. The molecule has 0 aliphatic heterocycles. The summed E-state index contributed by atoms with van der Waals surface area (Å²) < 4.78 is 2.02. The van der Waals surface area contributed by atoms with Crippen LogP contribution in [0.4, 0.5) is 11.4 Å². The molecule has 20 heavy (non-hydrogen) atoms. The Balaban J connectivity index is 2.15. The lowest BCUT2D eigenvalue weighted by Gasteiger charge is -2.22. The van der Waals surface area contributed by atoms with Gasteiger partial charge in [-0.25, -0.2) is 9.78 Å². The van der Waals surface area contributed by atoms with Crippen molar-refractivity contribution in [3.63, 3.8) is 0 Å². The number of hydrogen-bond donors (Lipinski definition) is 2. The number of carboxylic acids is 1. The Bertz CT molecular complexity index is 621. The van der Waals surface area contributed by atoms with Crippen LogP contribution >= 0.6 is 0 Å². The van der Waals surface area contributed by atoms with Crippen LogP contribution < -0.4 is 10.6 Å². The minimum atomic E-state index is -0.974. The molecule has 1 aromatic heterocycles. The van der Waals surface area contributed by atoms with Gasteiger partial charge in [0.25, 0.3) is 0 Å². The van der Waals surface area contributed by atoms with Crippen LogP contribution in [-0.4, -0.2) is 34.2 Å². The molecule has 0 atom stereocenters. The third-order valence-corrected chi connectivity index (χ3v) is 3.26. The zero-order valence-corrected chi connectivity index (χ0v) is 11.6. The van der Waals surface area contributed by atoms with Crippen molar-refractivity contribution in [1.82, 2.24) is 9.55 Å². The summed E-state index contributed by atoms with van der Waals surface area (Å²) in [6, 6.07) is 4.93. The van der Waals surface area contributed by atoms with E-state index in [1.54, 1.807) is 18.3 Å². The maximum atomic E-state index is 11.3. The lowest BCUT2D eigenvalue weighted by Crippen LogP contribution is -2.24. The fourth-order valence-corrected chi connectivity index (χ4v) is 2.08. The third-order valence-electron chi connectivity index (χ3n) is 3.26. The highest BCUT2D eigenvalue weighted by Crippen LogP contribution is 2.22. The van der Waals surface area contributed by atoms with E-state index in [4.69, 9.17) is 5.73 Å². The standard InChI is InChI=1S/C14H18N4O2/c1-10-16-5-6-18(10)8-7-17(2)13-4-3-11(15)9-12(13)14(19)20/h3-6,9H,7-8,15H2,1-2H3,(H,19,20). The molecule has 3 N–H and O–H groups in total. The molecule has 1 heterocycles. The Morgan fingerprint density at radius 3 is 2.85 bits per heavy atom. The molecule has 0 amide bonds. The smallest absolute Gasteiger partial charge is 0.337 e. The lowest BCUT2D eigenvalue weighted by molar-refractivity contribution is 0.0697. The van der Waals surface area contributed by atoms with Gasteiger partial charge in [0.1, 0.15) is 5.82 Å². The fraction of sp³-hybridized carbons (Fsp3) is 0.286. The molecule has 0 fully saturated rings. The SMILES string of the molecule is Cc1nccn1CCN(C)c1ccc(N)cc1C(=O)O. The Kier molecular flexibility index (Phi) is 3.93. The second kappa shape index (κ2) is 5.64. The van der Waals surface area contributed by atoms with Crippen LogP contribution in [0.1, 0.15) is 16.2 Å². The van der Waals surface area contributed by atoms with E-state index in [1.807, 2.05) is 29.6 Å². The summed E-state index contributed by atoms with van der Waals surface area (Å²) in [7, 11) is 1.87. The van der Waals surface area contributed by atoms with Gasteiger partial charge in [-0.15, -0.1) is 0 Å². The van der Waals surface area contributed by atoms with Crippen LogP contribution in [0.2, 0.25) is 0 Å². The van der Waals surface area contributed by atoms with Gasteiger partial charge in [0.05, 0.1) is 11.3 Å². The number of nitrogens with zero attached hydrogens (tertiary/aromatic N) is 3. The van der Waals surface area contributed by atoms with Gasteiger partial charge in [-0.2, -0.15) is 0 Å². The summed E-state index contributed by atoms with van der Waals surface area (Å²) in [6.45, 7) is 3.36. The minimum Gasteiger partial charge on any atom is -0.478 e. The molecule has 0 saturated carbocycles. The Labute approximate surface area is 117 Å². The molecule has 0 saturated heterocycles. The highest BCUT2D eigenvalue weighted by atomic mass is 16.4. The quantitative estimate of drug-likeness (QED) is 0.809. The first-order valence-electron chi connectivity index (χ1n) is 6.30. The average Bonchev–Trinajstić information content (AvgIpc) is 2.81. The van der Waals surface area contributed by atoms with Crippen molar-refractivity contribution in [3.8, 4) is 0 Å². The van der Waals surface area contributed by atoms with Crippen LogP contribution in [0.5, 0.6) is 0 Å². The number of carboxylic acid groups (broad SMARTS) is 1. The van der Waals surface area contributed by atoms with E-state index in [-0.39, 0.29) is 5.56 Å². The molecule has 2 rings (SSSR count). The van der Waals surface area contributed by atoms with Gasteiger partial charge in [0.2, 0.25) is 0 Å². The largest absolute Gasteiger partial charge is 0.478 e. The Morgan fingerprint density at radius 2 is 2.25 bits per heavy atom. The molecule has 6 nitrogen and oxygen atoms in total. The van der Waals surface area contributed by atoms with E-state index in [9.17, 15) is 9.90 Å². The average molecular weight is 274 g/mol. The number of imidazole rings is 1. The number of rotatable bonds is 5. The zero-order chi connectivity index (χ0) is 14.7. The predicted molar refractivity (Wildman–Crippen MR) is 78.0 cm³/mol. The van der Waals surface area contributed by atoms with Crippen molar-refractivity contribution in [2.75, 3.05) is 24.2 Å². The number of aromatic carboxylic acids is 1. The van der Waals surface area contributed by atoms with Crippen molar-refractivity contribution in [1.29, 1.82) is 0 Å². The first-order valence-corrected chi connectivity index (χ1v) is 6.30. The van der Waals surface area contributed by atoms with Gasteiger partial charge in [-0.3, -0.25) is 0 Å². The van der Waals surface area contributed by atoms with Crippen molar-refractivity contribution in [3.05, 3.63) is 42.0 Å². The molecule has 2 aromatic rings. The van der Waals surface area contributed by atoms with E-state index in [0.717, 1.165) is 12.4 Å². The number of aryl methyl sites for hydroxylation is 1. The number of nitrogens with two attached hydrogens (primary N) is 1. The van der Waals surface area contributed by atoms with Crippen LogP contribution in [-0.2, 0) is 6.54 Å². The Morgan fingerprint density at radius 1 is 1.50 bits per heavy atom. The summed E-state index contributed by atoms with van der Waals surface area (Å²) in [6.07, 6.45) is 3.66. The number of hydrogen-bond acceptors (Lipinski definition) is 4. The first-order chi connectivity index (χ1) is 9.49. The lowest BCUT2D eigenvalue weighted by atomic mass is 10.1.